The average Bonchev–Trinajstić information content (AvgIpc) is 2.03. The SMILES string of the molecule is CC(C)OC1C=C(C(C)C)C=CN1. The van der Waals surface area contributed by atoms with Gasteiger partial charge in [0.15, 0.2) is 0 Å². The van der Waals surface area contributed by atoms with Gasteiger partial charge in [0.05, 0.1) is 6.10 Å². The van der Waals surface area contributed by atoms with E-state index in [1.54, 1.807) is 0 Å². The first-order chi connectivity index (χ1) is 6.09. The number of hydrogen-bond donors (Lipinski definition) is 1. The fraction of sp³-hybridized carbons (Fsp3) is 0.636. The van der Waals surface area contributed by atoms with Gasteiger partial charge >= 0.3 is 0 Å². The lowest BCUT2D eigenvalue weighted by Crippen LogP contribution is -2.30. The van der Waals surface area contributed by atoms with E-state index in [1.165, 1.54) is 5.57 Å². The minimum atomic E-state index is 0.0439. The van der Waals surface area contributed by atoms with Gasteiger partial charge in [0.25, 0.3) is 0 Å². The lowest BCUT2D eigenvalue weighted by molar-refractivity contribution is 0.0229. The molecule has 0 radical (unpaired) electrons. The van der Waals surface area contributed by atoms with Crippen LogP contribution in [0.25, 0.3) is 0 Å². The van der Waals surface area contributed by atoms with Crippen molar-refractivity contribution in [3.8, 4) is 0 Å². The second-order valence-electron chi connectivity index (χ2n) is 3.93. The van der Waals surface area contributed by atoms with Crippen molar-refractivity contribution in [2.24, 2.45) is 5.92 Å². The molecule has 0 aliphatic carbocycles. The molecule has 0 saturated heterocycles. The predicted octanol–water partition coefficient (Wildman–Crippen LogP) is 2.44. The highest BCUT2D eigenvalue weighted by molar-refractivity contribution is 5.25. The first-order valence-electron chi connectivity index (χ1n) is 4.89. The first kappa shape index (κ1) is 10.3. The van der Waals surface area contributed by atoms with Crippen LogP contribution in [-0.2, 0) is 4.74 Å². The number of rotatable bonds is 3. The van der Waals surface area contributed by atoms with Crippen molar-refractivity contribution in [3.63, 3.8) is 0 Å². The van der Waals surface area contributed by atoms with Gasteiger partial charge in [-0.15, -0.1) is 0 Å². The normalized spacial score (nSPS) is 22.0. The van der Waals surface area contributed by atoms with E-state index in [0.29, 0.717) is 5.92 Å². The van der Waals surface area contributed by atoms with Crippen molar-refractivity contribution in [1.29, 1.82) is 0 Å². The smallest absolute Gasteiger partial charge is 0.147 e. The minimum absolute atomic E-state index is 0.0439. The molecule has 0 spiro atoms. The molecule has 13 heavy (non-hydrogen) atoms. The van der Waals surface area contributed by atoms with Crippen LogP contribution >= 0.6 is 0 Å². The van der Waals surface area contributed by atoms with Crippen molar-refractivity contribution in [1.82, 2.24) is 5.32 Å². The third kappa shape index (κ3) is 3.23. The number of allylic oxidation sites excluding steroid dienone is 2. The second-order valence-corrected chi connectivity index (χ2v) is 3.93. The van der Waals surface area contributed by atoms with E-state index in [2.05, 4.69) is 31.3 Å². The molecule has 0 aromatic rings. The van der Waals surface area contributed by atoms with Crippen molar-refractivity contribution < 1.29 is 4.74 Å². The van der Waals surface area contributed by atoms with Crippen molar-refractivity contribution in [2.45, 2.75) is 40.0 Å². The van der Waals surface area contributed by atoms with Crippen LogP contribution in [0, 0.1) is 5.92 Å². The van der Waals surface area contributed by atoms with Gasteiger partial charge in [0.2, 0.25) is 0 Å². The summed E-state index contributed by atoms with van der Waals surface area (Å²) in [5, 5.41) is 3.16. The molecule has 2 nitrogen and oxygen atoms in total. The van der Waals surface area contributed by atoms with E-state index in [1.807, 2.05) is 20.0 Å². The van der Waals surface area contributed by atoms with Gasteiger partial charge in [-0.05, 0) is 43.7 Å². The molecule has 2 heteroatoms. The zero-order valence-electron chi connectivity index (χ0n) is 8.87. The lowest BCUT2D eigenvalue weighted by Gasteiger charge is -2.22. The molecule has 74 valence electrons. The lowest BCUT2D eigenvalue weighted by atomic mass is 10.0. The Balaban J connectivity index is 2.56. The minimum Gasteiger partial charge on any atom is -0.363 e. The van der Waals surface area contributed by atoms with E-state index in [4.69, 9.17) is 4.74 Å². The van der Waals surface area contributed by atoms with Gasteiger partial charge in [-0.25, -0.2) is 0 Å². The standard InChI is InChI=1S/C11H19NO/c1-8(2)10-5-6-12-11(7-10)13-9(3)4/h5-9,11-12H,1-4H3. The Bertz CT molecular complexity index is 216. The Labute approximate surface area is 80.7 Å². The van der Waals surface area contributed by atoms with Crippen LogP contribution in [-0.4, -0.2) is 12.3 Å². The molecule has 0 amide bonds. The summed E-state index contributed by atoms with van der Waals surface area (Å²) in [6.45, 7) is 8.47. The summed E-state index contributed by atoms with van der Waals surface area (Å²) in [7, 11) is 0. The maximum atomic E-state index is 5.63. The van der Waals surface area contributed by atoms with Crippen molar-refractivity contribution in [2.75, 3.05) is 0 Å². The van der Waals surface area contributed by atoms with E-state index >= 15 is 0 Å². The zero-order valence-corrected chi connectivity index (χ0v) is 8.87. The molecule has 1 heterocycles. The number of hydrogen-bond acceptors (Lipinski definition) is 2. The van der Waals surface area contributed by atoms with E-state index in [-0.39, 0.29) is 12.3 Å². The Hall–Kier alpha value is -0.760. The van der Waals surface area contributed by atoms with E-state index in [9.17, 15) is 0 Å². The molecule has 1 atom stereocenters. The Morgan fingerprint density at radius 3 is 2.54 bits per heavy atom. The van der Waals surface area contributed by atoms with E-state index < -0.39 is 0 Å². The topological polar surface area (TPSA) is 21.3 Å². The summed E-state index contributed by atoms with van der Waals surface area (Å²) >= 11 is 0. The Morgan fingerprint density at radius 1 is 1.31 bits per heavy atom. The fourth-order valence-corrected chi connectivity index (χ4v) is 1.27. The molecule has 1 aliphatic rings. The van der Waals surface area contributed by atoms with E-state index in [0.717, 1.165) is 0 Å². The van der Waals surface area contributed by atoms with Crippen LogP contribution in [0.5, 0.6) is 0 Å². The molecule has 1 aliphatic heterocycles. The predicted molar refractivity (Wildman–Crippen MR) is 55.2 cm³/mol. The maximum Gasteiger partial charge on any atom is 0.147 e. The summed E-state index contributed by atoms with van der Waals surface area (Å²) < 4.78 is 5.63. The maximum absolute atomic E-state index is 5.63. The number of dihydropyridines is 1. The Kier molecular flexibility index (Phi) is 3.55. The molecule has 0 aromatic heterocycles. The van der Waals surface area contributed by atoms with Gasteiger partial charge < -0.3 is 10.1 Å². The van der Waals surface area contributed by atoms with Crippen LogP contribution in [0.2, 0.25) is 0 Å². The van der Waals surface area contributed by atoms with Gasteiger partial charge in [0.1, 0.15) is 6.23 Å². The van der Waals surface area contributed by atoms with Gasteiger partial charge in [0, 0.05) is 0 Å². The molecule has 0 saturated carbocycles. The fourth-order valence-electron chi connectivity index (χ4n) is 1.27. The summed E-state index contributed by atoms with van der Waals surface area (Å²) in [6.07, 6.45) is 6.51. The zero-order chi connectivity index (χ0) is 9.84. The second kappa shape index (κ2) is 4.47. The van der Waals surface area contributed by atoms with Crippen LogP contribution in [0.4, 0.5) is 0 Å². The quantitative estimate of drug-likeness (QED) is 0.722. The largest absolute Gasteiger partial charge is 0.363 e. The molecular formula is C11H19NO. The van der Waals surface area contributed by atoms with Crippen LogP contribution in [0.1, 0.15) is 27.7 Å². The van der Waals surface area contributed by atoms with Crippen LogP contribution < -0.4 is 5.32 Å². The summed E-state index contributed by atoms with van der Waals surface area (Å²) in [6, 6.07) is 0. The van der Waals surface area contributed by atoms with Crippen LogP contribution in [0.3, 0.4) is 0 Å². The van der Waals surface area contributed by atoms with Gasteiger partial charge in [-0.1, -0.05) is 13.8 Å². The molecule has 1 rings (SSSR count). The highest BCUT2D eigenvalue weighted by atomic mass is 16.5. The van der Waals surface area contributed by atoms with Gasteiger partial charge in [-0.3, -0.25) is 0 Å². The highest BCUT2D eigenvalue weighted by Gasteiger charge is 2.11. The third-order valence-corrected chi connectivity index (χ3v) is 1.97. The number of nitrogens with one attached hydrogen (secondary N) is 1. The molecule has 0 bridgehead atoms. The summed E-state index contributed by atoms with van der Waals surface area (Å²) in [4.78, 5) is 0. The molecule has 0 aromatic carbocycles. The molecular weight excluding hydrogens is 162 g/mol. The molecule has 0 fully saturated rings. The summed E-state index contributed by atoms with van der Waals surface area (Å²) in [5.74, 6) is 0.566. The van der Waals surface area contributed by atoms with Crippen LogP contribution in [0.15, 0.2) is 23.9 Å². The van der Waals surface area contributed by atoms with Crippen molar-refractivity contribution >= 4 is 0 Å². The molecule has 1 N–H and O–H groups in total. The first-order valence-corrected chi connectivity index (χ1v) is 4.89. The summed E-state index contributed by atoms with van der Waals surface area (Å²) in [5.41, 5.74) is 1.34. The number of ether oxygens (including phenoxy) is 1. The molecule has 1 unspecified atom stereocenters. The highest BCUT2D eigenvalue weighted by Crippen LogP contribution is 2.15. The van der Waals surface area contributed by atoms with Crippen molar-refractivity contribution in [3.05, 3.63) is 23.9 Å². The average molecular weight is 181 g/mol. The Morgan fingerprint density at radius 2 is 2.00 bits per heavy atom. The third-order valence-electron chi connectivity index (χ3n) is 1.97. The van der Waals surface area contributed by atoms with Gasteiger partial charge in [-0.2, -0.15) is 0 Å². The monoisotopic (exact) mass is 181 g/mol.